The van der Waals surface area contributed by atoms with Gasteiger partial charge < -0.3 is 0 Å². The number of carbonyl (C=O) groups excluding carboxylic acids is 1. The molecule has 2 heteroatoms. The average Bonchev–Trinajstić information content (AvgIpc) is 2.68. The number of ketones is 1. The molecule has 0 unspecified atom stereocenters. The number of halogens is 1. The van der Waals surface area contributed by atoms with Crippen LogP contribution >= 0.6 is 11.6 Å². The zero-order valence-corrected chi connectivity index (χ0v) is 14.2. The molecule has 0 aromatic heterocycles. The van der Waals surface area contributed by atoms with Crippen LogP contribution in [-0.4, -0.2) is 5.78 Å². The Labute approximate surface area is 151 Å². The van der Waals surface area contributed by atoms with E-state index in [2.05, 4.69) is 12.1 Å². The zero-order chi connectivity index (χ0) is 17.2. The van der Waals surface area contributed by atoms with Gasteiger partial charge in [0.25, 0.3) is 0 Å². The largest absolute Gasteiger partial charge is 0.289 e. The second kappa shape index (κ2) is 6.54. The molecule has 0 saturated carbocycles. The lowest BCUT2D eigenvalue weighted by Gasteiger charge is -2.13. The molecule has 0 heterocycles. The summed E-state index contributed by atoms with van der Waals surface area (Å²) in [5, 5.41) is 2.82. The number of benzene rings is 4. The van der Waals surface area contributed by atoms with E-state index in [1.54, 1.807) is 24.3 Å². The van der Waals surface area contributed by atoms with Crippen LogP contribution in [0.2, 0.25) is 5.02 Å². The van der Waals surface area contributed by atoms with Crippen molar-refractivity contribution in [1.29, 1.82) is 0 Å². The van der Waals surface area contributed by atoms with Gasteiger partial charge in [0.15, 0.2) is 5.78 Å². The lowest BCUT2D eigenvalue weighted by atomic mass is 9.89. The van der Waals surface area contributed by atoms with Gasteiger partial charge in [0.2, 0.25) is 0 Å². The van der Waals surface area contributed by atoms with Crippen molar-refractivity contribution in [2.75, 3.05) is 0 Å². The third-order valence-electron chi connectivity index (χ3n) is 4.34. The molecule has 0 spiro atoms. The first-order chi connectivity index (χ1) is 12.2. The Morgan fingerprint density at radius 1 is 0.680 bits per heavy atom. The van der Waals surface area contributed by atoms with Crippen LogP contribution in [0.1, 0.15) is 15.9 Å². The van der Waals surface area contributed by atoms with E-state index in [-0.39, 0.29) is 5.78 Å². The highest BCUT2D eigenvalue weighted by molar-refractivity contribution is 6.30. The minimum atomic E-state index is 0.00118. The van der Waals surface area contributed by atoms with Crippen molar-refractivity contribution < 1.29 is 4.79 Å². The van der Waals surface area contributed by atoms with Gasteiger partial charge >= 0.3 is 0 Å². The van der Waals surface area contributed by atoms with E-state index in [1.165, 1.54) is 0 Å². The molecule has 0 N–H and O–H groups in total. The van der Waals surface area contributed by atoms with Crippen molar-refractivity contribution in [2.24, 2.45) is 0 Å². The summed E-state index contributed by atoms with van der Waals surface area (Å²) in [5.74, 6) is 0.00118. The van der Waals surface area contributed by atoms with Gasteiger partial charge in [-0.05, 0) is 46.7 Å². The summed E-state index contributed by atoms with van der Waals surface area (Å²) >= 11 is 5.96. The van der Waals surface area contributed by atoms with Crippen molar-refractivity contribution in [3.8, 4) is 11.1 Å². The highest BCUT2D eigenvalue weighted by Crippen LogP contribution is 2.33. The van der Waals surface area contributed by atoms with Gasteiger partial charge in [-0.15, -0.1) is 0 Å². The van der Waals surface area contributed by atoms with Crippen molar-refractivity contribution in [2.45, 2.75) is 0 Å². The molecule has 4 rings (SSSR count). The molecule has 0 fully saturated rings. The summed E-state index contributed by atoms with van der Waals surface area (Å²) in [6.07, 6.45) is 0. The zero-order valence-electron chi connectivity index (χ0n) is 13.4. The molecule has 4 aromatic carbocycles. The molecular weight excluding hydrogens is 328 g/mol. The van der Waals surface area contributed by atoms with Crippen LogP contribution < -0.4 is 0 Å². The molecule has 4 aromatic rings. The highest BCUT2D eigenvalue weighted by Gasteiger charge is 2.17. The van der Waals surface area contributed by atoms with Gasteiger partial charge in [0.05, 0.1) is 0 Å². The Kier molecular flexibility index (Phi) is 4.09. The third kappa shape index (κ3) is 2.95. The molecule has 0 bridgehead atoms. The summed E-state index contributed by atoms with van der Waals surface area (Å²) in [5.41, 5.74) is 3.35. The second-order valence-corrected chi connectivity index (χ2v) is 6.35. The Balaban J connectivity index is 1.97. The topological polar surface area (TPSA) is 17.1 Å². The van der Waals surface area contributed by atoms with Gasteiger partial charge in [-0.25, -0.2) is 0 Å². The SMILES string of the molecule is O=C(c1ccc(Cl)cc1)c1ccc2ccccc2c1-c1ccccc1. The van der Waals surface area contributed by atoms with E-state index >= 15 is 0 Å². The number of rotatable bonds is 3. The van der Waals surface area contributed by atoms with E-state index in [4.69, 9.17) is 11.6 Å². The van der Waals surface area contributed by atoms with Crippen LogP contribution in [0, 0.1) is 0 Å². The molecule has 0 aliphatic rings. The van der Waals surface area contributed by atoms with Gasteiger partial charge in [0.1, 0.15) is 0 Å². The number of carbonyl (C=O) groups is 1. The van der Waals surface area contributed by atoms with Gasteiger partial charge in [-0.2, -0.15) is 0 Å². The van der Waals surface area contributed by atoms with Crippen LogP contribution in [0.3, 0.4) is 0 Å². The lowest BCUT2D eigenvalue weighted by molar-refractivity contribution is 0.103. The van der Waals surface area contributed by atoms with Crippen molar-refractivity contribution in [3.63, 3.8) is 0 Å². The molecule has 0 atom stereocenters. The van der Waals surface area contributed by atoms with Crippen LogP contribution in [-0.2, 0) is 0 Å². The normalized spacial score (nSPS) is 10.8. The summed E-state index contributed by atoms with van der Waals surface area (Å²) in [6.45, 7) is 0. The monoisotopic (exact) mass is 342 g/mol. The molecule has 120 valence electrons. The number of hydrogen-bond acceptors (Lipinski definition) is 1. The summed E-state index contributed by atoms with van der Waals surface area (Å²) < 4.78 is 0. The first-order valence-electron chi connectivity index (χ1n) is 8.11. The predicted molar refractivity (Wildman–Crippen MR) is 104 cm³/mol. The third-order valence-corrected chi connectivity index (χ3v) is 4.59. The molecule has 1 nitrogen and oxygen atoms in total. The minimum absolute atomic E-state index is 0.00118. The summed E-state index contributed by atoms with van der Waals surface area (Å²) in [4.78, 5) is 13.2. The molecule has 0 amide bonds. The van der Waals surface area contributed by atoms with Gasteiger partial charge in [0, 0.05) is 21.7 Å². The molecule has 0 aliphatic carbocycles. The Bertz CT molecular complexity index is 1050. The van der Waals surface area contributed by atoms with Crippen molar-refractivity contribution in [3.05, 3.63) is 107 Å². The van der Waals surface area contributed by atoms with Gasteiger partial charge in [-0.3, -0.25) is 4.79 Å². The fraction of sp³-hybridized carbons (Fsp3) is 0. The highest BCUT2D eigenvalue weighted by atomic mass is 35.5. The van der Waals surface area contributed by atoms with Crippen LogP contribution in [0.5, 0.6) is 0 Å². The van der Waals surface area contributed by atoms with Crippen molar-refractivity contribution in [1.82, 2.24) is 0 Å². The molecule has 0 aliphatic heterocycles. The minimum Gasteiger partial charge on any atom is -0.289 e. The Morgan fingerprint density at radius 3 is 2.12 bits per heavy atom. The number of fused-ring (bicyclic) bond motifs is 1. The first-order valence-corrected chi connectivity index (χ1v) is 8.49. The van der Waals surface area contributed by atoms with E-state index in [0.717, 1.165) is 21.9 Å². The summed E-state index contributed by atoms with van der Waals surface area (Å²) in [7, 11) is 0. The fourth-order valence-electron chi connectivity index (χ4n) is 3.13. The maximum atomic E-state index is 13.2. The average molecular weight is 343 g/mol. The van der Waals surface area contributed by atoms with Crippen LogP contribution in [0.25, 0.3) is 21.9 Å². The van der Waals surface area contributed by atoms with E-state index < -0.39 is 0 Å². The molecule has 0 saturated heterocycles. The Hall–Kier alpha value is -2.90. The van der Waals surface area contributed by atoms with Crippen LogP contribution in [0.4, 0.5) is 0 Å². The Morgan fingerprint density at radius 2 is 1.36 bits per heavy atom. The number of hydrogen-bond donors (Lipinski definition) is 0. The summed E-state index contributed by atoms with van der Waals surface area (Å²) in [6, 6.07) is 29.2. The molecule has 25 heavy (non-hydrogen) atoms. The van der Waals surface area contributed by atoms with E-state index in [1.807, 2.05) is 54.6 Å². The van der Waals surface area contributed by atoms with E-state index in [0.29, 0.717) is 16.1 Å². The van der Waals surface area contributed by atoms with E-state index in [9.17, 15) is 4.79 Å². The molecular formula is C23H15ClO. The quantitative estimate of drug-likeness (QED) is 0.394. The lowest BCUT2D eigenvalue weighted by Crippen LogP contribution is -2.04. The fourth-order valence-corrected chi connectivity index (χ4v) is 3.26. The maximum absolute atomic E-state index is 13.2. The second-order valence-electron chi connectivity index (χ2n) is 5.91. The van der Waals surface area contributed by atoms with Crippen LogP contribution in [0.15, 0.2) is 91.0 Å². The standard InChI is InChI=1S/C23H15ClO/c24-19-13-10-18(11-14-19)23(25)21-15-12-16-6-4-5-9-20(16)22(21)17-7-2-1-3-8-17/h1-15H. The smallest absolute Gasteiger partial charge is 0.193 e. The molecule has 0 radical (unpaired) electrons. The van der Waals surface area contributed by atoms with Crippen molar-refractivity contribution >= 4 is 28.2 Å². The predicted octanol–water partition coefficient (Wildman–Crippen LogP) is 6.39. The van der Waals surface area contributed by atoms with Gasteiger partial charge in [-0.1, -0.05) is 72.3 Å². The first kappa shape index (κ1) is 15.6. The maximum Gasteiger partial charge on any atom is 0.193 e.